The number of hydrogen-bond donors (Lipinski definition) is 1. The van der Waals surface area contributed by atoms with Gasteiger partial charge >= 0.3 is 0 Å². The third kappa shape index (κ3) is 4.03. The Morgan fingerprint density at radius 3 is 2.63 bits per heavy atom. The minimum absolute atomic E-state index is 0.528. The van der Waals surface area contributed by atoms with Crippen molar-refractivity contribution in [2.24, 2.45) is 5.92 Å². The van der Waals surface area contributed by atoms with Crippen LogP contribution in [0.3, 0.4) is 0 Å². The van der Waals surface area contributed by atoms with Crippen LogP contribution in [0, 0.1) is 5.92 Å². The lowest BCUT2D eigenvalue weighted by Crippen LogP contribution is -2.25. The molecular weight excluding hydrogens is 326 g/mol. The van der Waals surface area contributed by atoms with Crippen molar-refractivity contribution in [1.82, 2.24) is 0 Å². The normalized spacial score (nSPS) is 23.2. The van der Waals surface area contributed by atoms with Gasteiger partial charge in [0.1, 0.15) is 0 Å². The van der Waals surface area contributed by atoms with Crippen LogP contribution in [0.4, 0.5) is 5.69 Å². The maximum Gasteiger partial charge on any atom is 0.156 e. The zero-order valence-electron chi connectivity index (χ0n) is 11.5. The summed E-state index contributed by atoms with van der Waals surface area (Å²) in [5.41, 5.74) is 1.00. The molecule has 0 bridgehead atoms. The average Bonchev–Trinajstić information content (AvgIpc) is 2.36. The van der Waals surface area contributed by atoms with E-state index in [1.165, 1.54) is 25.7 Å². The summed E-state index contributed by atoms with van der Waals surface area (Å²) >= 11 is 9.66. The predicted octanol–water partition coefficient (Wildman–Crippen LogP) is 5.49. The van der Waals surface area contributed by atoms with E-state index in [1.54, 1.807) is 0 Å². The lowest BCUT2D eigenvalue weighted by Gasteiger charge is -2.28. The van der Waals surface area contributed by atoms with Gasteiger partial charge in [0.2, 0.25) is 0 Å². The Bertz CT molecular complexity index is 430. The smallest absolute Gasteiger partial charge is 0.156 e. The summed E-state index contributed by atoms with van der Waals surface area (Å²) in [7, 11) is 0. The largest absolute Gasteiger partial charge is 0.491 e. The molecule has 106 valence electrons. The number of anilines is 1. The second-order valence-corrected chi connectivity index (χ2v) is 6.59. The molecule has 0 amide bonds. The highest BCUT2D eigenvalue weighted by atomic mass is 79.9. The molecule has 1 aliphatic rings. The Morgan fingerprint density at radius 1 is 1.32 bits per heavy atom. The monoisotopic (exact) mass is 345 g/mol. The topological polar surface area (TPSA) is 21.3 Å². The third-order valence-corrected chi connectivity index (χ3v) is 4.48. The molecule has 1 saturated carbocycles. The summed E-state index contributed by atoms with van der Waals surface area (Å²) < 4.78 is 6.63. The van der Waals surface area contributed by atoms with E-state index in [1.807, 2.05) is 19.1 Å². The van der Waals surface area contributed by atoms with Crippen LogP contribution >= 0.6 is 27.5 Å². The number of rotatable bonds is 4. The number of halogens is 2. The van der Waals surface area contributed by atoms with Crippen molar-refractivity contribution in [3.8, 4) is 5.75 Å². The number of ether oxygens (including phenoxy) is 1. The number of nitrogens with one attached hydrogen (secondary N) is 1. The second-order valence-electron chi connectivity index (χ2n) is 5.30. The number of benzene rings is 1. The molecule has 2 rings (SSSR count). The molecule has 1 aliphatic carbocycles. The minimum Gasteiger partial charge on any atom is -0.491 e. The molecule has 0 saturated heterocycles. The minimum atomic E-state index is 0.528. The third-order valence-electron chi connectivity index (χ3n) is 3.67. The quantitative estimate of drug-likeness (QED) is 0.778. The Morgan fingerprint density at radius 2 is 2.00 bits per heavy atom. The fraction of sp³-hybridized carbons (Fsp3) is 0.600. The van der Waals surface area contributed by atoms with E-state index in [4.69, 9.17) is 16.3 Å². The summed E-state index contributed by atoms with van der Waals surface area (Å²) in [6, 6.07) is 4.36. The molecule has 0 unspecified atom stereocenters. The first-order chi connectivity index (χ1) is 9.10. The van der Waals surface area contributed by atoms with Crippen molar-refractivity contribution in [2.45, 2.75) is 45.6 Å². The first kappa shape index (κ1) is 15.0. The SMILES string of the molecule is CCOc1c(Br)cc(Cl)cc1NC1CCC(C)CC1. The molecule has 2 nitrogen and oxygen atoms in total. The van der Waals surface area contributed by atoms with E-state index in [0.717, 1.165) is 26.9 Å². The summed E-state index contributed by atoms with van der Waals surface area (Å²) in [6.07, 6.45) is 5.03. The zero-order chi connectivity index (χ0) is 13.8. The van der Waals surface area contributed by atoms with Gasteiger partial charge in [-0.05, 0) is 66.6 Å². The molecule has 0 heterocycles. The Hall–Kier alpha value is -0.410. The molecule has 0 spiro atoms. The molecule has 1 fully saturated rings. The van der Waals surface area contributed by atoms with Gasteiger partial charge in [0.05, 0.1) is 16.8 Å². The zero-order valence-corrected chi connectivity index (χ0v) is 13.9. The molecule has 0 radical (unpaired) electrons. The molecule has 0 aliphatic heterocycles. The van der Waals surface area contributed by atoms with Crippen molar-refractivity contribution in [3.05, 3.63) is 21.6 Å². The highest BCUT2D eigenvalue weighted by molar-refractivity contribution is 9.10. The fourth-order valence-corrected chi connectivity index (χ4v) is 3.51. The summed E-state index contributed by atoms with van der Waals surface area (Å²) in [5, 5.41) is 4.32. The van der Waals surface area contributed by atoms with E-state index >= 15 is 0 Å². The Balaban J connectivity index is 2.14. The standard InChI is InChI=1S/C15H21BrClNO/c1-3-19-15-13(16)8-11(17)9-14(15)18-12-6-4-10(2)5-7-12/h8-10,12,18H,3-7H2,1-2H3. The molecule has 0 atom stereocenters. The van der Waals surface area contributed by atoms with Gasteiger partial charge in [-0.2, -0.15) is 0 Å². The first-order valence-electron chi connectivity index (χ1n) is 6.98. The van der Waals surface area contributed by atoms with E-state index in [9.17, 15) is 0 Å². The average molecular weight is 347 g/mol. The van der Waals surface area contributed by atoms with Crippen LogP contribution in [0.15, 0.2) is 16.6 Å². The van der Waals surface area contributed by atoms with Crippen molar-refractivity contribution < 1.29 is 4.74 Å². The molecule has 0 aromatic heterocycles. The highest BCUT2D eigenvalue weighted by Gasteiger charge is 2.20. The molecule has 4 heteroatoms. The van der Waals surface area contributed by atoms with Gasteiger partial charge in [0.15, 0.2) is 5.75 Å². The van der Waals surface area contributed by atoms with Gasteiger partial charge in [-0.1, -0.05) is 18.5 Å². The number of hydrogen-bond acceptors (Lipinski definition) is 2. The molecular formula is C15H21BrClNO. The summed E-state index contributed by atoms with van der Waals surface area (Å²) in [5.74, 6) is 1.72. The summed E-state index contributed by atoms with van der Waals surface area (Å²) in [6.45, 7) is 4.97. The van der Waals surface area contributed by atoms with Crippen LogP contribution in [0.2, 0.25) is 5.02 Å². The second kappa shape index (κ2) is 6.85. The maximum atomic E-state index is 6.14. The van der Waals surface area contributed by atoms with Gasteiger partial charge in [-0.15, -0.1) is 0 Å². The molecule has 1 aromatic carbocycles. The van der Waals surface area contributed by atoms with Crippen LogP contribution in [-0.4, -0.2) is 12.6 Å². The fourth-order valence-electron chi connectivity index (χ4n) is 2.58. The van der Waals surface area contributed by atoms with Crippen LogP contribution in [0.25, 0.3) is 0 Å². The van der Waals surface area contributed by atoms with Crippen molar-refractivity contribution >= 4 is 33.2 Å². The van der Waals surface area contributed by atoms with E-state index in [2.05, 4.69) is 28.2 Å². The predicted molar refractivity (Wildman–Crippen MR) is 85.4 cm³/mol. The van der Waals surface area contributed by atoms with Gasteiger partial charge in [-0.3, -0.25) is 0 Å². The molecule has 1 N–H and O–H groups in total. The van der Waals surface area contributed by atoms with Crippen LogP contribution in [-0.2, 0) is 0 Å². The highest BCUT2D eigenvalue weighted by Crippen LogP contribution is 2.38. The van der Waals surface area contributed by atoms with Crippen molar-refractivity contribution in [1.29, 1.82) is 0 Å². The van der Waals surface area contributed by atoms with E-state index in [0.29, 0.717) is 12.6 Å². The Labute approximate surface area is 129 Å². The van der Waals surface area contributed by atoms with Gasteiger partial charge in [0, 0.05) is 11.1 Å². The lowest BCUT2D eigenvalue weighted by atomic mass is 9.87. The van der Waals surface area contributed by atoms with E-state index in [-0.39, 0.29) is 0 Å². The molecule has 19 heavy (non-hydrogen) atoms. The van der Waals surface area contributed by atoms with Crippen LogP contribution in [0.1, 0.15) is 39.5 Å². The van der Waals surface area contributed by atoms with Gasteiger partial charge in [-0.25, -0.2) is 0 Å². The maximum absolute atomic E-state index is 6.14. The Kier molecular flexibility index (Phi) is 5.40. The molecule has 1 aromatic rings. The van der Waals surface area contributed by atoms with Crippen LogP contribution < -0.4 is 10.1 Å². The summed E-state index contributed by atoms with van der Waals surface area (Å²) in [4.78, 5) is 0. The van der Waals surface area contributed by atoms with Crippen molar-refractivity contribution in [3.63, 3.8) is 0 Å². The van der Waals surface area contributed by atoms with Crippen LogP contribution in [0.5, 0.6) is 5.75 Å². The first-order valence-corrected chi connectivity index (χ1v) is 8.15. The van der Waals surface area contributed by atoms with E-state index < -0.39 is 0 Å². The lowest BCUT2D eigenvalue weighted by molar-refractivity contribution is 0.336. The van der Waals surface area contributed by atoms with Crippen molar-refractivity contribution in [2.75, 3.05) is 11.9 Å². The van der Waals surface area contributed by atoms with Gasteiger partial charge < -0.3 is 10.1 Å². The van der Waals surface area contributed by atoms with Gasteiger partial charge in [0.25, 0.3) is 0 Å².